The van der Waals surface area contributed by atoms with Gasteiger partial charge in [-0.2, -0.15) is 5.10 Å². The number of nitrogens with one attached hydrogen (secondary N) is 2. The van der Waals surface area contributed by atoms with E-state index in [0.717, 1.165) is 18.6 Å². The number of hydrogen-bond donors (Lipinski definition) is 2. The third-order valence-electron chi connectivity index (χ3n) is 6.50. The number of piperidine rings is 1. The van der Waals surface area contributed by atoms with Gasteiger partial charge in [-0.1, -0.05) is 67.1 Å². The summed E-state index contributed by atoms with van der Waals surface area (Å²) in [5, 5.41) is 8.69. The molecule has 31 heavy (non-hydrogen) atoms. The second-order valence-corrected chi connectivity index (χ2v) is 8.30. The fraction of sp³-hybridized carbons (Fsp3) is 0.269. The van der Waals surface area contributed by atoms with Crippen LogP contribution in [0.3, 0.4) is 0 Å². The van der Waals surface area contributed by atoms with Gasteiger partial charge in [0.05, 0.1) is 0 Å². The molecule has 2 heterocycles. The molecule has 5 heteroatoms. The van der Waals surface area contributed by atoms with E-state index in [1.54, 1.807) is 24.5 Å². The summed E-state index contributed by atoms with van der Waals surface area (Å²) in [4.78, 5) is 16.6. The summed E-state index contributed by atoms with van der Waals surface area (Å²) in [6.45, 7) is 0. The predicted octanol–water partition coefficient (Wildman–Crippen LogP) is 4.67. The number of amides is 1. The van der Waals surface area contributed by atoms with Gasteiger partial charge in [-0.15, -0.1) is 0 Å². The first-order valence-electron chi connectivity index (χ1n) is 10.9. The van der Waals surface area contributed by atoms with Crippen molar-refractivity contribution in [1.82, 2.24) is 15.7 Å². The Kier molecular flexibility index (Phi) is 5.59. The zero-order chi connectivity index (χ0) is 21.0. The molecule has 1 aliphatic heterocycles. The molecule has 5 rings (SSSR count). The first-order valence-corrected chi connectivity index (χ1v) is 10.9. The molecule has 3 aromatic rings. The van der Waals surface area contributed by atoms with Crippen LogP contribution in [0.1, 0.15) is 52.8 Å². The summed E-state index contributed by atoms with van der Waals surface area (Å²) < 4.78 is 0. The third-order valence-corrected chi connectivity index (χ3v) is 6.50. The highest BCUT2D eigenvalue weighted by molar-refractivity contribution is 5.97. The minimum atomic E-state index is -0.195. The number of carbonyl (C=O) groups is 1. The van der Waals surface area contributed by atoms with Crippen molar-refractivity contribution in [2.75, 3.05) is 0 Å². The summed E-state index contributed by atoms with van der Waals surface area (Å²) in [6, 6.07) is 24.9. The first kappa shape index (κ1) is 19.6. The lowest BCUT2D eigenvalue weighted by Gasteiger charge is -2.47. The predicted molar refractivity (Wildman–Crippen MR) is 121 cm³/mol. The Hall–Kier alpha value is -3.31. The van der Waals surface area contributed by atoms with Crippen LogP contribution >= 0.6 is 0 Å². The maximum absolute atomic E-state index is 12.6. The molecule has 2 bridgehead atoms. The normalized spacial score (nSPS) is 26.4. The van der Waals surface area contributed by atoms with Crippen molar-refractivity contribution < 1.29 is 4.79 Å². The molecule has 2 aromatic carbocycles. The van der Waals surface area contributed by atoms with E-state index in [0.29, 0.717) is 5.56 Å². The molecule has 1 amide bonds. The van der Waals surface area contributed by atoms with Crippen LogP contribution in [-0.2, 0) is 0 Å². The summed E-state index contributed by atoms with van der Waals surface area (Å²) in [6.07, 6.45) is 6.54. The van der Waals surface area contributed by atoms with E-state index in [-0.39, 0.29) is 29.8 Å². The van der Waals surface area contributed by atoms with Crippen LogP contribution in [-0.4, -0.2) is 16.6 Å². The Morgan fingerprint density at radius 2 is 1.39 bits per heavy atom. The first-order chi connectivity index (χ1) is 15.3. The maximum atomic E-state index is 12.6. The lowest BCUT2D eigenvalue weighted by molar-refractivity contribution is 0.0953. The fourth-order valence-electron chi connectivity index (χ4n) is 5.06. The van der Waals surface area contributed by atoms with Crippen LogP contribution in [0, 0.1) is 11.8 Å². The minimum absolute atomic E-state index is 0.166. The van der Waals surface area contributed by atoms with Gasteiger partial charge in [0.15, 0.2) is 0 Å². The topological polar surface area (TPSA) is 66.4 Å². The summed E-state index contributed by atoms with van der Waals surface area (Å²) >= 11 is 0. The summed E-state index contributed by atoms with van der Waals surface area (Å²) in [5.41, 5.74) is 7.04. The van der Waals surface area contributed by atoms with Gasteiger partial charge in [0.25, 0.3) is 5.91 Å². The number of nitrogens with zero attached hydrogens (tertiary/aromatic N) is 2. The van der Waals surface area contributed by atoms with Crippen LogP contribution in [0.25, 0.3) is 0 Å². The average molecular weight is 411 g/mol. The van der Waals surface area contributed by atoms with E-state index in [4.69, 9.17) is 5.10 Å². The van der Waals surface area contributed by atoms with Gasteiger partial charge in [-0.3, -0.25) is 9.78 Å². The molecule has 1 saturated carbocycles. The third kappa shape index (κ3) is 4.01. The lowest BCUT2D eigenvalue weighted by atomic mass is 9.67. The molecular formula is C26H26N4O. The van der Waals surface area contributed by atoms with Gasteiger partial charge in [-0.05, 0) is 36.1 Å². The summed E-state index contributed by atoms with van der Waals surface area (Å²) in [7, 11) is 0. The van der Waals surface area contributed by atoms with Gasteiger partial charge < -0.3 is 5.32 Å². The zero-order valence-electron chi connectivity index (χ0n) is 17.3. The quantitative estimate of drug-likeness (QED) is 0.614. The van der Waals surface area contributed by atoms with Crippen molar-refractivity contribution >= 4 is 11.6 Å². The number of aromatic nitrogens is 1. The fourth-order valence-corrected chi connectivity index (χ4v) is 5.06. The Balaban J connectivity index is 1.51. The van der Waals surface area contributed by atoms with Crippen molar-refractivity contribution in [2.45, 2.75) is 31.3 Å². The highest BCUT2D eigenvalue weighted by atomic mass is 16.2. The molecule has 1 saturated heterocycles. The molecule has 0 unspecified atom stereocenters. The van der Waals surface area contributed by atoms with E-state index >= 15 is 0 Å². The monoisotopic (exact) mass is 410 g/mol. The Bertz CT molecular complexity index is 997. The SMILES string of the molecule is O=C(NN=C1[C@H]2CCC[C@@H]1[C@H](c1ccccc1)N[C@@H]2c1ccccc1)c1ccncc1. The Morgan fingerprint density at radius 3 is 1.94 bits per heavy atom. The Morgan fingerprint density at radius 1 is 0.839 bits per heavy atom. The van der Waals surface area contributed by atoms with E-state index in [1.165, 1.54) is 17.5 Å². The summed E-state index contributed by atoms with van der Waals surface area (Å²) in [5.74, 6) is 0.330. The van der Waals surface area contributed by atoms with Gasteiger partial charge in [0.1, 0.15) is 0 Å². The van der Waals surface area contributed by atoms with Gasteiger partial charge in [-0.25, -0.2) is 5.43 Å². The van der Waals surface area contributed by atoms with Crippen molar-refractivity contribution in [3.8, 4) is 0 Å². The van der Waals surface area contributed by atoms with Gasteiger partial charge in [0.2, 0.25) is 0 Å². The van der Waals surface area contributed by atoms with Gasteiger partial charge in [0, 0.05) is 47.6 Å². The number of hydrazone groups is 1. The molecule has 0 radical (unpaired) electrons. The van der Waals surface area contributed by atoms with E-state index in [2.05, 4.69) is 76.4 Å². The largest absolute Gasteiger partial charge is 0.302 e. The molecule has 1 aromatic heterocycles. The second kappa shape index (κ2) is 8.82. The number of pyridine rings is 1. The zero-order valence-corrected chi connectivity index (χ0v) is 17.3. The molecule has 4 atom stereocenters. The molecule has 5 nitrogen and oxygen atoms in total. The number of rotatable bonds is 4. The van der Waals surface area contributed by atoms with Crippen molar-refractivity contribution in [3.63, 3.8) is 0 Å². The highest BCUT2D eigenvalue weighted by Crippen LogP contribution is 2.46. The van der Waals surface area contributed by atoms with Crippen molar-refractivity contribution in [3.05, 3.63) is 102 Å². The van der Waals surface area contributed by atoms with Crippen LogP contribution < -0.4 is 10.7 Å². The average Bonchev–Trinajstić information content (AvgIpc) is 2.84. The molecular weight excluding hydrogens is 384 g/mol. The molecule has 1 aliphatic carbocycles. The lowest BCUT2D eigenvalue weighted by Crippen LogP contribution is -2.51. The second-order valence-electron chi connectivity index (χ2n) is 8.30. The van der Waals surface area contributed by atoms with Crippen LogP contribution in [0.2, 0.25) is 0 Å². The molecule has 2 fully saturated rings. The van der Waals surface area contributed by atoms with E-state index < -0.39 is 0 Å². The van der Waals surface area contributed by atoms with E-state index in [9.17, 15) is 4.79 Å². The van der Waals surface area contributed by atoms with Crippen LogP contribution in [0.15, 0.2) is 90.3 Å². The standard InChI is InChI=1S/C26H26N4O/c31-26(20-14-16-27-17-15-20)30-29-25-21-12-7-13-22(25)24(19-10-5-2-6-11-19)28-23(21)18-8-3-1-4-9-18/h1-6,8-11,14-17,21-24,28H,7,12-13H2,(H,30,31)/t21-,22+,23+,24-. The number of hydrogen-bond acceptors (Lipinski definition) is 4. The number of carbonyl (C=O) groups excluding carboxylic acids is 1. The molecule has 156 valence electrons. The highest BCUT2D eigenvalue weighted by Gasteiger charge is 2.45. The maximum Gasteiger partial charge on any atom is 0.271 e. The smallest absolute Gasteiger partial charge is 0.271 e. The molecule has 2 N–H and O–H groups in total. The Labute approximate surface area is 182 Å². The molecule has 0 spiro atoms. The van der Waals surface area contributed by atoms with Crippen molar-refractivity contribution in [1.29, 1.82) is 0 Å². The number of fused-ring (bicyclic) bond motifs is 2. The van der Waals surface area contributed by atoms with Crippen molar-refractivity contribution in [2.24, 2.45) is 16.9 Å². The van der Waals surface area contributed by atoms with Gasteiger partial charge >= 0.3 is 0 Å². The number of benzene rings is 2. The van der Waals surface area contributed by atoms with E-state index in [1.807, 2.05) is 0 Å². The molecule has 2 aliphatic rings. The van der Waals surface area contributed by atoms with Crippen LogP contribution in [0.4, 0.5) is 0 Å². The van der Waals surface area contributed by atoms with Crippen LogP contribution in [0.5, 0.6) is 0 Å². The minimum Gasteiger partial charge on any atom is -0.302 e.